The average Bonchev–Trinajstić information content (AvgIpc) is 2.59. The second kappa shape index (κ2) is 8.20. The van der Waals surface area contributed by atoms with Crippen LogP contribution in [0.4, 0.5) is 0 Å². The Balaban J connectivity index is 2.54. The Kier molecular flexibility index (Phi) is 6.01. The number of allylic oxidation sites excluding steroid dienone is 2. The number of hydrogen-bond donors (Lipinski definition) is 3. The van der Waals surface area contributed by atoms with Crippen molar-refractivity contribution in [3.63, 3.8) is 0 Å². The number of nitrogens with zero attached hydrogens (tertiary/aromatic N) is 1. The standard InChI is InChI=1S/C20H21NO5/c1-12(2)4-9-16-17(26-3)10-13(18(19(16)23)20(24)25)5-6-14-7-8-15(22)11-21-14/h4-8,10-11,22-23H,9H2,1-3H3,(H,24,25). The Morgan fingerprint density at radius 2 is 1.96 bits per heavy atom. The summed E-state index contributed by atoms with van der Waals surface area (Å²) in [5.74, 6) is -1.10. The lowest BCUT2D eigenvalue weighted by Gasteiger charge is -2.14. The molecule has 0 amide bonds. The summed E-state index contributed by atoms with van der Waals surface area (Å²) in [6, 6.07) is 4.64. The first-order valence-corrected chi connectivity index (χ1v) is 7.96. The first-order valence-electron chi connectivity index (χ1n) is 7.96. The largest absolute Gasteiger partial charge is 0.507 e. The van der Waals surface area contributed by atoms with Crippen molar-refractivity contribution in [3.05, 3.63) is 58.4 Å². The molecule has 1 heterocycles. The van der Waals surface area contributed by atoms with Crippen molar-refractivity contribution in [1.29, 1.82) is 0 Å². The molecule has 6 heteroatoms. The Hall–Kier alpha value is -3.28. The molecule has 6 nitrogen and oxygen atoms in total. The van der Waals surface area contributed by atoms with Gasteiger partial charge < -0.3 is 20.1 Å². The van der Waals surface area contributed by atoms with E-state index in [4.69, 9.17) is 4.74 Å². The summed E-state index contributed by atoms with van der Waals surface area (Å²) >= 11 is 0. The van der Waals surface area contributed by atoms with E-state index in [2.05, 4.69) is 4.98 Å². The van der Waals surface area contributed by atoms with Crippen LogP contribution >= 0.6 is 0 Å². The Morgan fingerprint density at radius 1 is 1.23 bits per heavy atom. The molecule has 0 bridgehead atoms. The van der Waals surface area contributed by atoms with Crippen molar-refractivity contribution in [2.45, 2.75) is 20.3 Å². The molecule has 26 heavy (non-hydrogen) atoms. The lowest BCUT2D eigenvalue weighted by atomic mass is 9.97. The van der Waals surface area contributed by atoms with Gasteiger partial charge in [-0.3, -0.25) is 4.98 Å². The van der Waals surface area contributed by atoms with Crippen LogP contribution in [0.5, 0.6) is 17.2 Å². The Labute approximate surface area is 151 Å². The van der Waals surface area contributed by atoms with E-state index in [0.717, 1.165) is 5.57 Å². The van der Waals surface area contributed by atoms with Gasteiger partial charge in [0.1, 0.15) is 22.8 Å². The summed E-state index contributed by atoms with van der Waals surface area (Å²) in [5, 5.41) is 29.3. The van der Waals surface area contributed by atoms with Crippen molar-refractivity contribution < 1.29 is 24.9 Å². The molecule has 2 aromatic rings. The van der Waals surface area contributed by atoms with E-state index in [9.17, 15) is 20.1 Å². The highest BCUT2D eigenvalue weighted by molar-refractivity contribution is 5.97. The minimum absolute atomic E-state index is 0.0383. The first-order chi connectivity index (χ1) is 12.3. The number of hydrogen-bond acceptors (Lipinski definition) is 5. The van der Waals surface area contributed by atoms with E-state index in [1.54, 1.807) is 18.2 Å². The number of rotatable bonds is 6. The number of methoxy groups -OCH3 is 1. The highest BCUT2D eigenvalue weighted by Crippen LogP contribution is 2.36. The predicted molar refractivity (Wildman–Crippen MR) is 99.6 cm³/mol. The zero-order valence-electron chi connectivity index (χ0n) is 14.9. The monoisotopic (exact) mass is 355 g/mol. The van der Waals surface area contributed by atoms with Crippen LogP contribution in [0.3, 0.4) is 0 Å². The molecule has 0 aliphatic heterocycles. The lowest BCUT2D eigenvalue weighted by Crippen LogP contribution is -2.04. The van der Waals surface area contributed by atoms with E-state index in [0.29, 0.717) is 29.0 Å². The number of ether oxygens (including phenoxy) is 1. The maximum atomic E-state index is 11.7. The summed E-state index contributed by atoms with van der Waals surface area (Å²) in [7, 11) is 1.47. The molecule has 136 valence electrons. The molecule has 0 aliphatic rings. The van der Waals surface area contributed by atoms with E-state index < -0.39 is 5.97 Å². The highest BCUT2D eigenvalue weighted by atomic mass is 16.5. The molecule has 0 unspecified atom stereocenters. The third-order valence-electron chi connectivity index (χ3n) is 3.75. The smallest absolute Gasteiger partial charge is 0.340 e. The molecule has 0 saturated heterocycles. The maximum Gasteiger partial charge on any atom is 0.340 e. The average molecular weight is 355 g/mol. The number of carboxylic acids is 1. The van der Waals surface area contributed by atoms with Gasteiger partial charge in [0.05, 0.1) is 19.0 Å². The van der Waals surface area contributed by atoms with Gasteiger partial charge in [-0.1, -0.05) is 17.7 Å². The van der Waals surface area contributed by atoms with E-state index in [-0.39, 0.29) is 17.1 Å². The number of pyridine rings is 1. The molecule has 2 rings (SSSR count). The van der Waals surface area contributed by atoms with Gasteiger partial charge in [-0.05, 0) is 50.1 Å². The number of carboxylic acid groups (broad SMARTS) is 1. The fraction of sp³-hybridized carbons (Fsp3) is 0.200. The number of aromatic carboxylic acids is 1. The third-order valence-corrected chi connectivity index (χ3v) is 3.75. The quantitative estimate of drug-likeness (QED) is 0.680. The summed E-state index contributed by atoms with van der Waals surface area (Å²) < 4.78 is 5.34. The fourth-order valence-electron chi connectivity index (χ4n) is 2.42. The number of aromatic hydroxyl groups is 2. The molecule has 3 N–H and O–H groups in total. The molecule has 1 aromatic heterocycles. The van der Waals surface area contributed by atoms with Crippen LogP contribution in [0.15, 0.2) is 36.0 Å². The van der Waals surface area contributed by atoms with Crippen molar-refractivity contribution >= 4 is 18.1 Å². The van der Waals surface area contributed by atoms with E-state index in [1.807, 2.05) is 19.9 Å². The third kappa shape index (κ3) is 4.42. The Bertz CT molecular complexity index is 863. The van der Waals surface area contributed by atoms with Crippen LogP contribution in [0.25, 0.3) is 12.2 Å². The van der Waals surface area contributed by atoms with Gasteiger partial charge in [-0.2, -0.15) is 0 Å². The fourth-order valence-corrected chi connectivity index (χ4v) is 2.42. The van der Waals surface area contributed by atoms with E-state index >= 15 is 0 Å². The minimum Gasteiger partial charge on any atom is -0.507 e. The number of benzene rings is 1. The maximum absolute atomic E-state index is 11.7. The van der Waals surface area contributed by atoms with Crippen molar-refractivity contribution in [2.24, 2.45) is 0 Å². The molecule has 0 saturated carbocycles. The van der Waals surface area contributed by atoms with Crippen LogP contribution in [0.2, 0.25) is 0 Å². The van der Waals surface area contributed by atoms with Crippen LogP contribution in [0.1, 0.15) is 41.0 Å². The normalized spacial score (nSPS) is 10.7. The van der Waals surface area contributed by atoms with Crippen LogP contribution in [0, 0.1) is 0 Å². The summed E-state index contributed by atoms with van der Waals surface area (Å²) in [4.78, 5) is 15.7. The second-order valence-corrected chi connectivity index (χ2v) is 5.94. The van der Waals surface area contributed by atoms with Crippen molar-refractivity contribution in [2.75, 3.05) is 7.11 Å². The molecule has 0 aliphatic carbocycles. The van der Waals surface area contributed by atoms with Gasteiger partial charge in [0.15, 0.2) is 0 Å². The van der Waals surface area contributed by atoms with Crippen molar-refractivity contribution in [1.82, 2.24) is 4.98 Å². The summed E-state index contributed by atoms with van der Waals surface area (Å²) in [5.41, 5.74) is 2.10. The molecule has 0 atom stereocenters. The zero-order valence-corrected chi connectivity index (χ0v) is 14.9. The predicted octanol–water partition coefficient (Wildman–Crippen LogP) is 3.88. The van der Waals surface area contributed by atoms with Gasteiger partial charge in [0, 0.05) is 5.56 Å². The molecular formula is C20H21NO5. The van der Waals surface area contributed by atoms with Gasteiger partial charge in [0.2, 0.25) is 0 Å². The van der Waals surface area contributed by atoms with Crippen LogP contribution in [-0.2, 0) is 6.42 Å². The van der Waals surface area contributed by atoms with E-state index in [1.165, 1.54) is 25.4 Å². The minimum atomic E-state index is -1.23. The van der Waals surface area contributed by atoms with Gasteiger partial charge in [-0.25, -0.2) is 4.79 Å². The lowest BCUT2D eigenvalue weighted by molar-refractivity contribution is 0.0693. The number of aromatic nitrogens is 1. The first kappa shape index (κ1) is 19.1. The van der Waals surface area contributed by atoms with Crippen LogP contribution in [-0.4, -0.2) is 33.4 Å². The highest BCUT2D eigenvalue weighted by Gasteiger charge is 2.21. The van der Waals surface area contributed by atoms with Crippen molar-refractivity contribution in [3.8, 4) is 17.2 Å². The van der Waals surface area contributed by atoms with Gasteiger partial charge in [0.25, 0.3) is 0 Å². The zero-order chi connectivity index (χ0) is 19.3. The number of carbonyl (C=O) groups is 1. The molecule has 1 aromatic carbocycles. The molecule has 0 fully saturated rings. The Morgan fingerprint density at radius 3 is 2.50 bits per heavy atom. The SMILES string of the molecule is COc1cc(C=Cc2ccc(O)cn2)c(C(=O)O)c(O)c1CC=C(C)C. The summed E-state index contributed by atoms with van der Waals surface area (Å²) in [6.07, 6.45) is 6.67. The van der Waals surface area contributed by atoms with Crippen LogP contribution < -0.4 is 4.74 Å². The molecule has 0 spiro atoms. The summed E-state index contributed by atoms with van der Waals surface area (Å²) in [6.45, 7) is 3.84. The molecule has 0 radical (unpaired) electrons. The number of phenols is 1. The van der Waals surface area contributed by atoms with Gasteiger partial charge in [-0.15, -0.1) is 0 Å². The molecular weight excluding hydrogens is 334 g/mol. The topological polar surface area (TPSA) is 99.9 Å². The van der Waals surface area contributed by atoms with Gasteiger partial charge >= 0.3 is 5.97 Å². The second-order valence-electron chi connectivity index (χ2n) is 5.94.